The van der Waals surface area contributed by atoms with Crippen molar-refractivity contribution < 1.29 is 14.3 Å². The predicted octanol–water partition coefficient (Wildman–Crippen LogP) is 3.78. The smallest absolute Gasteiger partial charge is 0.225 e. The number of nitrogens with zero attached hydrogens (tertiary/aromatic N) is 1. The molecule has 0 unspecified atom stereocenters. The van der Waals surface area contributed by atoms with Crippen molar-refractivity contribution in [3.8, 4) is 0 Å². The average molecular weight is 345 g/mol. The highest BCUT2D eigenvalue weighted by Crippen LogP contribution is 2.50. The van der Waals surface area contributed by atoms with Crippen LogP contribution in [0.1, 0.15) is 62.5 Å². The van der Waals surface area contributed by atoms with Gasteiger partial charge in [0, 0.05) is 24.4 Å². The highest BCUT2D eigenvalue weighted by Gasteiger charge is 2.51. The minimum atomic E-state index is -0.635. The maximum atomic E-state index is 13.8. The summed E-state index contributed by atoms with van der Waals surface area (Å²) < 4.78 is 13.8. The van der Waals surface area contributed by atoms with Gasteiger partial charge in [-0.1, -0.05) is 12.1 Å². The molecule has 136 valence electrons. The van der Waals surface area contributed by atoms with Gasteiger partial charge in [-0.25, -0.2) is 4.39 Å². The molecule has 1 aliphatic heterocycles. The molecule has 1 spiro atoms. The fourth-order valence-electron chi connectivity index (χ4n) is 5.28. The number of carbonyl (C=O) groups excluding carboxylic acids is 1. The lowest BCUT2D eigenvalue weighted by Gasteiger charge is -2.55. The van der Waals surface area contributed by atoms with E-state index in [1.165, 1.54) is 11.6 Å². The number of carbonyl (C=O) groups is 1. The summed E-state index contributed by atoms with van der Waals surface area (Å²) in [4.78, 5) is 14.5. The van der Waals surface area contributed by atoms with Crippen molar-refractivity contribution in [3.63, 3.8) is 0 Å². The Morgan fingerprint density at radius 3 is 2.48 bits per heavy atom. The highest BCUT2D eigenvalue weighted by atomic mass is 19.1. The van der Waals surface area contributed by atoms with Crippen LogP contribution < -0.4 is 0 Å². The molecule has 25 heavy (non-hydrogen) atoms. The maximum Gasteiger partial charge on any atom is 0.225 e. The van der Waals surface area contributed by atoms with Gasteiger partial charge in [-0.3, -0.25) is 4.79 Å². The van der Waals surface area contributed by atoms with Crippen LogP contribution in [0.5, 0.6) is 0 Å². The molecule has 1 aromatic carbocycles. The van der Waals surface area contributed by atoms with Gasteiger partial charge in [0.1, 0.15) is 5.82 Å². The van der Waals surface area contributed by atoms with E-state index in [1.807, 2.05) is 24.8 Å². The van der Waals surface area contributed by atoms with Crippen molar-refractivity contribution in [2.75, 3.05) is 13.1 Å². The lowest BCUT2D eigenvalue weighted by Crippen LogP contribution is -2.62. The van der Waals surface area contributed by atoms with Gasteiger partial charge in [0.05, 0.1) is 5.60 Å². The molecule has 1 heterocycles. The number of aliphatic hydroxyl groups is 1. The van der Waals surface area contributed by atoms with Crippen LogP contribution in [0.4, 0.5) is 4.39 Å². The van der Waals surface area contributed by atoms with E-state index in [4.69, 9.17) is 0 Å². The second-order valence-electron chi connectivity index (χ2n) is 9.02. The molecule has 2 aliphatic carbocycles. The molecular weight excluding hydrogens is 317 g/mol. The first-order chi connectivity index (χ1) is 11.8. The molecule has 3 nitrogen and oxygen atoms in total. The number of hydrogen-bond donors (Lipinski definition) is 1. The molecule has 4 heteroatoms. The molecule has 1 N–H and O–H groups in total. The molecule has 0 bridgehead atoms. The van der Waals surface area contributed by atoms with Crippen LogP contribution in [0.15, 0.2) is 18.2 Å². The first kappa shape index (κ1) is 17.0. The maximum absolute atomic E-state index is 13.8. The zero-order valence-electron chi connectivity index (χ0n) is 15.2. The summed E-state index contributed by atoms with van der Waals surface area (Å²) in [6.07, 6.45) is 5.64. The second-order valence-corrected chi connectivity index (χ2v) is 9.02. The number of hydrogen-bond acceptors (Lipinski definition) is 2. The third kappa shape index (κ3) is 2.99. The Labute approximate surface area is 149 Å². The van der Waals surface area contributed by atoms with E-state index >= 15 is 0 Å². The van der Waals surface area contributed by atoms with Crippen molar-refractivity contribution in [3.05, 3.63) is 35.1 Å². The number of likely N-dealkylation sites (tertiary alicyclic amines) is 1. The van der Waals surface area contributed by atoms with Crippen LogP contribution in [0.25, 0.3) is 0 Å². The average Bonchev–Trinajstić information content (AvgIpc) is 2.52. The third-order valence-corrected chi connectivity index (χ3v) is 6.88. The first-order valence-corrected chi connectivity index (χ1v) is 9.55. The summed E-state index contributed by atoms with van der Waals surface area (Å²) in [5, 5.41) is 9.83. The van der Waals surface area contributed by atoms with Gasteiger partial charge in [-0.2, -0.15) is 0 Å². The van der Waals surface area contributed by atoms with Gasteiger partial charge >= 0.3 is 0 Å². The van der Waals surface area contributed by atoms with Crippen LogP contribution in [0.3, 0.4) is 0 Å². The van der Waals surface area contributed by atoms with Gasteiger partial charge in [0.15, 0.2) is 0 Å². The van der Waals surface area contributed by atoms with Gasteiger partial charge < -0.3 is 10.0 Å². The van der Waals surface area contributed by atoms with E-state index < -0.39 is 5.60 Å². The molecule has 4 rings (SSSR count). The molecule has 2 saturated carbocycles. The fourth-order valence-corrected chi connectivity index (χ4v) is 5.28. The van der Waals surface area contributed by atoms with Crippen LogP contribution in [-0.2, 0) is 4.79 Å². The lowest BCUT2D eigenvalue weighted by molar-refractivity contribution is -0.163. The molecule has 3 aliphatic rings. The normalized spacial score (nSPS) is 31.5. The number of rotatable bonds is 2. The van der Waals surface area contributed by atoms with Gasteiger partial charge in [-0.05, 0) is 75.5 Å². The van der Waals surface area contributed by atoms with E-state index in [2.05, 4.69) is 6.07 Å². The number of amides is 1. The van der Waals surface area contributed by atoms with Crippen molar-refractivity contribution in [2.24, 2.45) is 11.3 Å². The van der Waals surface area contributed by atoms with Crippen LogP contribution in [-0.4, -0.2) is 34.6 Å². The second kappa shape index (κ2) is 5.80. The highest BCUT2D eigenvalue weighted by molar-refractivity contribution is 5.81. The van der Waals surface area contributed by atoms with E-state index in [1.54, 1.807) is 0 Å². The topological polar surface area (TPSA) is 40.5 Å². The Morgan fingerprint density at radius 2 is 1.88 bits per heavy atom. The van der Waals surface area contributed by atoms with Crippen molar-refractivity contribution in [1.29, 1.82) is 0 Å². The van der Waals surface area contributed by atoms with Crippen molar-refractivity contribution >= 4 is 5.91 Å². The van der Waals surface area contributed by atoms with E-state index in [-0.39, 0.29) is 17.6 Å². The summed E-state index contributed by atoms with van der Waals surface area (Å²) in [5.74, 6) is 0.612. The lowest BCUT2D eigenvalue weighted by atomic mass is 9.63. The molecule has 0 radical (unpaired) electrons. The molecular formula is C21H28FNO2. The predicted molar refractivity (Wildman–Crippen MR) is 94.7 cm³/mol. The summed E-state index contributed by atoms with van der Waals surface area (Å²) in [7, 11) is 0. The van der Waals surface area contributed by atoms with Gasteiger partial charge in [-0.15, -0.1) is 0 Å². The number of benzene rings is 1. The Bertz CT molecular complexity index is 675. The largest absolute Gasteiger partial charge is 0.390 e. The summed E-state index contributed by atoms with van der Waals surface area (Å²) in [6, 6.07) is 5.43. The monoisotopic (exact) mass is 345 g/mol. The van der Waals surface area contributed by atoms with Crippen molar-refractivity contribution in [1.82, 2.24) is 4.90 Å². The zero-order valence-corrected chi connectivity index (χ0v) is 15.2. The van der Waals surface area contributed by atoms with E-state index in [0.29, 0.717) is 24.2 Å². The summed E-state index contributed by atoms with van der Waals surface area (Å²) in [5.41, 5.74) is 1.62. The van der Waals surface area contributed by atoms with Gasteiger partial charge in [0.25, 0.3) is 0 Å². The van der Waals surface area contributed by atoms with Crippen LogP contribution >= 0.6 is 0 Å². The van der Waals surface area contributed by atoms with Gasteiger partial charge in [0.2, 0.25) is 5.91 Å². The Balaban J connectivity index is 1.31. The minimum Gasteiger partial charge on any atom is -0.390 e. The fraction of sp³-hybridized carbons (Fsp3) is 0.667. The van der Waals surface area contributed by atoms with E-state index in [0.717, 1.165) is 44.3 Å². The summed E-state index contributed by atoms with van der Waals surface area (Å²) in [6.45, 7) is 5.44. The SMILES string of the molecule is Cc1c(F)cccc1C1CCC2(CC1)CN(C(=O)[C@H]1C[C@@](C)(O)C1)C2. The first-order valence-electron chi connectivity index (χ1n) is 9.55. The molecule has 0 aromatic heterocycles. The zero-order chi connectivity index (χ0) is 17.8. The Kier molecular flexibility index (Phi) is 3.95. The van der Waals surface area contributed by atoms with Crippen molar-refractivity contribution in [2.45, 2.75) is 63.9 Å². The standard InChI is InChI=1S/C21H28FNO2/c1-14-17(4-3-5-18(14)22)15-6-8-21(9-7-15)12-23(13-21)19(24)16-10-20(2,25)11-16/h3-5,15-16,25H,6-13H2,1-2H3/t16-,20+. The number of halogens is 1. The molecule has 3 fully saturated rings. The van der Waals surface area contributed by atoms with Crippen LogP contribution in [0.2, 0.25) is 0 Å². The molecule has 0 atom stereocenters. The molecule has 1 amide bonds. The Morgan fingerprint density at radius 1 is 1.24 bits per heavy atom. The molecule has 1 aromatic rings. The van der Waals surface area contributed by atoms with Crippen LogP contribution in [0, 0.1) is 24.1 Å². The minimum absolute atomic E-state index is 0.0265. The molecule has 1 saturated heterocycles. The quantitative estimate of drug-likeness (QED) is 0.886. The third-order valence-electron chi connectivity index (χ3n) is 6.88. The summed E-state index contributed by atoms with van der Waals surface area (Å²) >= 11 is 0. The van der Waals surface area contributed by atoms with E-state index in [9.17, 15) is 14.3 Å². The Hall–Kier alpha value is -1.42.